The van der Waals surface area contributed by atoms with Crippen LogP contribution in [0.4, 0.5) is 4.39 Å². The molecule has 0 unspecified atom stereocenters. The fourth-order valence-electron chi connectivity index (χ4n) is 1.59. The number of esters is 1. The average Bonchev–Trinajstić information content (AvgIpc) is 2.54. The molecule has 0 N–H and O–H groups in total. The quantitative estimate of drug-likeness (QED) is 0.575. The summed E-state index contributed by atoms with van der Waals surface area (Å²) in [5.74, 6) is -1.15. The molecule has 0 atom stereocenters. The van der Waals surface area contributed by atoms with Crippen molar-refractivity contribution in [3.8, 4) is 0 Å². The molecular formula is C12H14FN3O2. The van der Waals surface area contributed by atoms with Gasteiger partial charge in [-0.25, -0.2) is 9.48 Å². The van der Waals surface area contributed by atoms with E-state index in [-0.39, 0.29) is 5.69 Å². The highest BCUT2D eigenvalue weighted by Gasteiger charge is 2.23. The van der Waals surface area contributed by atoms with Gasteiger partial charge in [0.15, 0.2) is 11.3 Å². The first-order valence-electron chi connectivity index (χ1n) is 5.50. The van der Waals surface area contributed by atoms with Gasteiger partial charge in [-0.2, -0.15) is 14.5 Å². The van der Waals surface area contributed by atoms with Gasteiger partial charge in [-0.1, -0.05) is 0 Å². The number of carbonyl (C=O) groups is 1. The molecule has 0 amide bonds. The summed E-state index contributed by atoms with van der Waals surface area (Å²) in [5, 5.41) is 4.51. The van der Waals surface area contributed by atoms with Crippen LogP contribution >= 0.6 is 0 Å². The van der Waals surface area contributed by atoms with Crippen molar-refractivity contribution < 1.29 is 13.9 Å². The molecule has 0 bridgehead atoms. The lowest BCUT2D eigenvalue weighted by Gasteiger charge is -2.18. The molecule has 0 spiro atoms. The Morgan fingerprint density at radius 2 is 2.06 bits per heavy atom. The molecule has 2 rings (SSSR count). The number of pyridine rings is 1. The van der Waals surface area contributed by atoms with E-state index in [2.05, 4.69) is 10.1 Å². The van der Waals surface area contributed by atoms with Crippen molar-refractivity contribution in [2.24, 2.45) is 7.05 Å². The van der Waals surface area contributed by atoms with Crippen LogP contribution < -0.4 is 0 Å². The maximum atomic E-state index is 13.0. The third kappa shape index (κ3) is 2.32. The van der Waals surface area contributed by atoms with Gasteiger partial charge >= 0.3 is 5.97 Å². The van der Waals surface area contributed by atoms with Crippen molar-refractivity contribution in [3.63, 3.8) is 0 Å². The molecule has 5 nitrogen and oxygen atoms in total. The molecule has 0 radical (unpaired) electrons. The largest absolute Gasteiger partial charge is 0.455 e. The third-order valence-electron chi connectivity index (χ3n) is 2.25. The van der Waals surface area contributed by atoms with Gasteiger partial charge in [0.25, 0.3) is 0 Å². The van der Waals surface area contributed by atoms with Crippen molar-refractivity contribution in [2.45, 2.75) is 26.4 Å². The molecule has 6 heteroatoms. The first-order chi connectivity index (χ1) is 8.28. The van der Waals surface area contributed by atoms with Crippen LogP contribution in [0.2, 0.25) is 0 Å². The minimum absolute atomic E-state index is 0.148. The number of nitrogens with zero attached hydrogens (tertiary/aromatic N) is 3. The molecule has 96 valence electrons. The van der Waals surface area contributed by atoms with Gasteiger partial charge in [0.2, 0.25) is 5.95 Å². The lowest BCUT2D eigenvalue weighted by atomic mass is 10.2. The fourth-order valence-corrected chi connectivity index (χ4v) is 1.59. The van der Waals surface area contributed by atoms with Gasteiger partial charge in [0.1, 0.15) is 5.60 Å². The van der Waals surface area contributed by atoms with Crippen LogP contribution in [0.3, 0.4) is 0 Å². The summed E-state index contributed by atoms with van der Waals surface area (Å²) in [6.45, 7) is 5.32. The first kappa shape index (κ1) is 12.5. The van der Waals surface area contributed by atoms with Crippen molar-refractivity contribution in [3.05, 3.63) is 23.8 Å². The molecule has 0 aliphatic heterocycles. The maximum Gasteiger partial charge on any atom is 0.360 e. The highest BCUT2D eigenvalue weighted by atomic mass is 19.1. The summed E-state index contributed by atoms with van der Waals surface area (Å²) < 4.78 is 19.6. The molecular weight excluding hydrogens is 237 g/mol. The molecule has 0 aliphatic rings. The summed E-state index contributed by atoms with van der Waals surface area (Å²) >= 11 is 0. The van der Waals surface area contributed by atoms with E-state index in [4.69, 9.17) is 4.74 Å². The van der Waals surface area contributed by atoms with E-state index in [0.717, 1.165) is 0 Å². The number of halogens is 1. The average molecular weight is 251 g/mol. The smallest absolute Gasteiger partial charge is 0.360 e. The van der Waals surface area contributed by atoms with E-state index < -0.39 is 17.5 Å². The topological polar surface area (TPSA) is 57.0 Å². The van der Waals surface area contributed by atoms with Crippen molar-refractivity contribution in [1.29, 1.82) is 0 Å². The van der Waals surface area contributed by atoms with E-state index in [1.165, 1.54) is 16.8 Å². The summed E-state index contributed by atoms with van der Waals surface area (Å²) in [5.41, 5.74) is -0.139. The Labute approximate surface area is 104 Å². The van der Waals surface area contributed by atoms with Gasteiger partial charge in [-0.3, -0.25) is 0 Å². The van der Waals surface area contributed by atoms with Crippen LogP contribution in [0, 0.1) is 5.95 Å². The van der Waals surface area contributed by atoms with Crippen molar-refractivity contribution in [1.82, 2.24) is 14.8 Å². The van der Waals surface area contributed by atoms with Crippen LogP contribution in [0.25, 0.3) is 11.0 Å². The second-order valence-electron chi connectivity index (χ2n) is 4.98. The lowest BCUT2D eigenvalue weighted by molar-refractivity contribution is 0.00642. The van der Waals surface area contributed by atoms with Gasteiger partial charge in [0.05, 0.1) is 5.39 Å². The van der Waals surface area contributed by atoms with E-state index >= 15 is 0 Å². The molecule has 2 heterocycles. The normalized spacial score (nSPS) is 11.8. The Morgan fingerprint density at radius 1 is 1.39 bits per heavy atom. The zero-order valence-corrected chi connectivity index (χ0v) is 10.7. The van der Waals surface area contributed by atoms with E-state index in [9.17, 15) is 9.18 Å². The Hall–Kier alpha value is -1.98. The summed E-state index contributed by atoms with van der Waals surface area (Å²) in [4.78, 5) is 15.7. The molecule has 0 aromatic carbocycles. The highest BCUT2D eigenvalue weighted by Crippen LogP contribution is 2.19. The summed E-state index contributed by atoms with van der Waals surface area (Å²) in [6.07, 6.45) is 0. The minimum atomic E-state index is -0.610. The van der Waals surface area contributed by atoms with Gasteiger partial charge in [0, 0.05) is 7.05 Å². The van der Waals surface area contributed by atoms with Crippen molar-refractivity contribution >= 4 is 17.0 Å². The number of aromatic nitrogens is 3. The Kier molecular flexibility index (Phi) is 2.80. The van der Waals surface area contributed by atoms with Crippen LogP contribution in [-0.4, -0.2) is 26.3 Å². The minimum Gasteiger partial charge on any atom is -0.455 e. The SMILES string of the molecule is Cn1nc(C(=O)OC(C)(C)C)c2ccc(F)nc21. The van der Waals surface area contributed by atoms with Crippen LogP contribution in [0.1, 0.15) is 31.3 Å². The number of ether oxygens (including phenoxy) is 1. The molecule has 0 fully saturated rings. The number of aryl methyl sites for hydroxylation is 1. The second-order valence-corrected chi connectivity index (χ2v) is 4.98. The van der Waals surface area contributed by atoms with Crippen molar-refractivity contribution in [2.75, 3.05) is 0 Å². The lowest BCUT2D eigenvalue weighted by Crippen LogP contribution is -2.24. The summed E-state index contributed by atoms with van der Waals surface area (Å²) in [7, 11) is 1.60. The zero-order chi connectivity index (χ0) is 13.5. The second kappa shape index (κ2) is 4.04. The van der Waals surface area contributed by atoms with Crippen LogP contribution in [0.5, 0.6) is 0 Å². The predicted octanol–water partition coefficient (Wildman–Crippen LogP) is 2.06. The molecule has 2 aromatic rings. The first-order valence-corrected chi connectivity index (χ1v) is 5.50. The number of hydrogen-bond donors (Lipinski definition) is 0. The Morgan fingerprint density at radius 3 is 2.67 bits per heavy atom. The van der Waals surface area contributed by atoms with E-state index in [0.29, 0.717) is 11.0 Å². The predicted molar refractivity (Wildman–Crippen MR) is 63.6 cm³/mol. The standard InChI is InChI=1S/C12H14FN3O2/c1-12(2,3)18-11(17)9-7-5-6-8(13)14-10(7)16(4)15-9/h5-6H,1-4H3. The number of hydrogen-bond acceptors (Lipinski definition) is 4. The molecule has 18 heavy (non-hydrogen) atoms. The van der Waals surface area contributed by atoms with Gasteiger partial charge in [-0.05, 0) is 32.9 Å². The number of fused-ring (bicyclic) bond motifs is 1. The summed E-state index contributed by atoms with van der Waals surface area (Å²) in [6, 6.07) is 2.67. The molecule has 0 saturated heterocycles. The zero-order valence-electron chi connectivity index (χ0n) is 10.7. The fraction of sp³-hybridized carbons (Fsp3) is 0.417. The highest BCUT2D eigenvalue weighted by molar-refractivity contribution is 6.01. The molecule has 0 aliphatic carbocycles. The van der Waals surface area contributed by atoms with Crippen LogP contribution in [0.15, 0.2) is 12.1 Å². The monoisotopic (exact) mass is 251 g/mol. The number of rotatable bonds is 1. The Bertz CT molecular complexity index is 614. The van der Waals surface area contributed by atoms with E-state index in [1.807, 2.05) is 0 Å². The van der Waals surface area contributed by atoms with Gasteiger partial charge < -0.3 is 4.74 Å². The van der Waals surface area contributed by atoms with Crippen LogP contribution in [-0.2, 0) is 11.8 Å². The maximum absolute atomic E-state index is 13.0. The molecule has 0 saturated carbocycles. The van der Waals surface area contributed by atoms with E-state index in [1.54, 1.807) is 27.8 Å². The Balaban J connectivity index is 2.49. The molecule has 2 aromatic heterocycles. The number of carbonyl (C=O) groups excluding carboxylic acids is 1. The third-order valence-corrected chi connectivity index (χ3v) is 2.25. The van der Waals surface area contributed by atoms with Gasteiger partial charge in [-0.15, -0.1) is 0 Å².